The molecule has 1 aliphatic heterocycles. The number of aliphatic imine (C=N–C) groups is 1. The lowest BCUT2D eigenvalue weighted by atomic mass is 10.0. The molecular formula is C25H35N5O. The first-order valence-electron chi connectivity index (χ1n) is 11.2. The zero-order chi connectivity index (χ0) is 22.1. The van der Waals surface area contributed by atoms with E-state index in [-0.39, 0.29) is 5.91 Å². The van der Waals surface area contributed by atoms with Crippen molar-refractivity contribution < 1.29 is 4.79 Å². The number of nitrogens with zero attached hydrogens (tertiary/aromatic N) is 3. The smallest absolute Gasteiger partial charge is 0.253 e. The summed E-state index contributed by atoms with van der Waals surface area (Å²) in [5, 5.41) is 6.97. The Bertz CT molecular complexity index is 840. The number of carbonyl (C=O) groups excluding carboxylic acids is 1. The maximum absolute atomic E-state index is 12.0. The van der Waals surface area contributed by atoms with Gasteiger partial charge in [0.05, 0.1) is 6.54 Å². The normalized spacial score (nSPS) is 15.5. The van der Waals surface area contributed by atoms with Gasteiger partial charge in [-0.25, -0.2) is 4.99 Å². The summed E-state index contributed by atoms with van der Waals surface area (Å²) in [5.74, 6) is 0.876. The van der Waals surface area contributed by atoms with Gasteiger partial charge in [0.15, 0.2) is 5.96 Å². The Hall–Kier alpha value is -2.86. The molecular weight excluding hydrogens is 386 g/mol. The molecule has 0 aliphatic carbocycles. The molecule has 0 atom stereocenters. The molecule has 1 saturated heterocycles. The van der Waals surface area contributed by atoms with Gasteiger partial charge in [0, 0.05) is 51.9 Å². The summed E-state index contributed by atoms with van der Waals surface area (Å²) in [5.41, 5.74) is 3.16. The molecule has 31 heavy (non-hydrogen) atoms. The van der Waals surface area contributed by atoms with Crippen LogP contribution in [0.5, 0.6) is 0 Å². The van der Waals surface area contributed by atoms with Crippen LogP contribution in [0.1, 0.15) is 41.3 Å². The fourth-order valence-electron chi connectivity index (χ4n) is 3.77. The number of benzene rings is 2. The molecule has 3 rings (SSSR count). The van der Waals surface area contributed by atoms with Gasteiger partial charge in [-0.3, -0.25) is 9.69 Å². The van der Waals surface area contributed by atoms with Gasteiger partial charge in [0.1, 0.15) is 0 Å². The van der Waals surface area contributed by atoms with Gasteiger partial charge in [0.2, 0.25) is 0 Å². The van der Waals surface area contributed by atoms with E-state index in [9.17, 15) is 4.79 Å². The van der Waals surface area contributed by atoms with Crippen molar-refractivity contribution in [1.82, 2.24) is 20.4 Å². The zero-order valence-electron chi connectivity index (χ0n) is 19.0. The first-order chi connectivity index (χ1) is 15.0. The number of guanidine groups is 1. The number of likely N-dealkylation sites (tertiary alicyclic amines) is 1. The number of nitrogens with one attached hydrogen (secondary N) is 2. The molecule has 1 heterocycles. The van der Waals surface area contributed by atoms with Gasteiger partial charge in [0.25, 0.3) is 5.91 Å². The Kier molecular flexibility index (Phi) is 8.47. The summed E-state index contributed by atoms with van der Waals surface area (Å²) < 4.78 is 0. The van der Waals surface area contributed by atoms with Crippen molar-refractivity contribution in [3.05, 3.63) is 71.3 Å². The van der Waals surface area contributed by atoms with Crippen LogP contribution in [0.15, 0.2) is 59.6 Å². The van der Waals surface area contributed by atoms with E-state index in [1.807, 2.05) is 24.3 Å². The van der Waals surface area contributed by atoms with Crippen molar-refractivity contribution in [1.29, 1.82) is 0 Å². The lowest BCUT2D eigenvalue weighted by Gasteiger charge is -2.33. The average Bonchev–Trinajstić information content (AvgIpc) is 2.79. The minimum atomic E-state index is 0.0173. The first-order valence-corrected chi connectivity index (χ1v) is 11.2. The number of piperidine rings is 1. The second kappa shape index (κ2) is 11.5. The minimum Gasteiger partial charge on any atom is -0.357 e. The lowest BCUT2D eigenvalue weighted by molar-refractivity contribution is 0.0827. The van der Waals surface area contributed by atoms with Crippen LogP contribution in [0.25, 0.3) is 0 Å². The summed E-state index contributed by atoms with van der Waals surface area (Å²) >= 11 is 0. The van der Waals surface area contributed by atoms with Crippen molar-refractivity contribution in [2.24, 2.45) is 4.99 Å². The summed E-state index contributed by atoms with van der Waals surface area (Å²) in [6, 6.07) is 18.8. The topological polar surface area (TPSA) is 60.0 Å². The van der Waals surface area contributed by atoms with Crippen LogP contribution in [0, 0.1) is 0 Å². The number of hydrogen-bond acceptors (Lipinski definition) is 3. The highest BCUT2D eigenvalue weighted by molar-refractivity contribution is 5.93. The minimum absolute atomic E-state index is 0.0173. The predicted molar refractivity (Wildman–Crippen MR) is 127 cm³/mol. The molecule has 0 radical (unpaired) electrons. The summed E-state index contributed by atoms with van der Waals surface area (Å²) in [4.78, 5) is 20.9. The van der Waals surface area contributed by atoms with Crippen molar-refractivity contribution in [2.45, 2.75) is 38.9 Å². The van der Waals surface area contributed by atoms with Crippen molar-refractivity contribution >= 4 is 11.9 Å². The van der Waals surface area contributed by atoms with Crippen molar-refractivity contribution in [3.8, 4) is 0 Å². The molecule has 0 saturated carbocycles. The van der Waals surface area contributed by atoms with Crippen LogP contribution in [0.2, 0.25) is 0 Å². The van der Waals surface area contributed by atoms with E-state index in [2.05, 4.69) is 52.8 Å². The highest BCUT2D eigenvalue weighted by Crippen LogP contribution is 2.14. The SMILES string of the molecule is CCNC(=NCc1ccc(C(=O)N(C)C)cc1)NC1CCN(Cc2ccccc2)CC1. The highest BCUT2D eigenvalue weighted by Gasteiger charge is 2.20. The fraction of sp³-hybridized carbons (Fsp3) is 0.440. The van der Waals surface area contributed by atoms with E-state index in [0.717, 1.165) is 50.5 Å². The largest absolute Gasteiger partial charge is 0.357 e. The Balaban J connectivity index is 1.50. The number of amides is 1. The molecule has 0 bridgehead atoms. The van der Waals surface area contributed by atoms with Crippen molar-refractivity contribution in [3.63, 3.8) is 0 Å². The third-order valence-electron chi connectivity index (χ3n) is 5.55. The van der Waals surface area contributed by atoms with E-state index >= 15 is 0 Å². The molecule has 1 aliphatic rings. The molecule has 2 aromatic carbocycles. The highest BCUT2D eigenvalue weighted by atomic mass is 16.2. The van der Waals surface area contributed by atoms with E-state index in [1.165, 1.54) is 5.56 Å². The lowest BCUT2D eigenvalue weighted by Crippen LogP contribution is -2.48. The first kappa shape index (κ1) is 22.8. The second-order valence-corrected chi connectivity index (χ2v) is 8.27. The molecule has 6 nitrogen and oxygen atoms in total. The van der Waals surface area contributed by atoms with E-state index in [4.69, 9.17) is 4.99 Å². The third-order valence-corrected chi connectivity index (χ3v) is 5.55. The average molecular weight is 422 g/mol. The van der Waals surface area contributed by atoms with E-state index in [1.54, 1.807) is 19.0 Å². The zero-order valence-corrected chi connectivity index (χ0v) is 19.0. The number of rotatable bonds is 7. The van der Waals surface area contributed by atoms with Gasteiger partial charge < -0.3 is 15.5 Å². The number of hydrogen-bond donors (Lipinski definition) is 2. The molecule has 1 fully saturated rings. The van der Waals surface area contributed by atoms with Crippen LogP contribution >= 0.6 is 0 Å². The molecule has 166 valence electrons. The number of carbonyl (C=O) groups is 1. The molecule has 1 amide bonds. The maximum atomic E-state index is 12.0. The van der Waals surface area contributed by atoms with Crippen LogP contribution < -0.4 is 10.6 Å². The molecule has 0 unspecified atom stereocenters. The van der Waals surface area contributed by atoms with Crippen LogP contribution in [-0.4, -0.2) is 61.4 Å². The Morgan fingerprint density at radius 3 is 2.32 bits per heavy atom. The summed E-state index contributed by atoms with van der Waals surface area (Å²) in [6.45, 7) is 6.70. The van der Waals surface area contributed by atoms with Gasteiger partial charge >= 0.3 is 0 Å². The maximum Gasteiger partial charge on any atom is 0.253 e. The van der Waals surface area contributed by atoms with Gasteiger partial charge in [-0.1, -0.05) is 42.5 Å². The van der Waals surface area contributed by atoms with Crippen molar-refractivity contribution in [2.75, 3.05) is 33.7 Å². The quantitative estimate of drug-likeness (QED) is 0.533. The van der Waals surface area contributed by atoms with E-state index < -0.39 is 0 Å². The molecule has 2 aromatic rings. The monoisotopic (exact) mass is 421 g/mol. The van der Waals surface area contributed by atoms with Crippen LogP contribution in [-0.2, 0) is 13.1 Å². The van der Waals surface area contributed by atoms with Gasteiger partial charge in [-0.05, 0) is 43.0 Å². The second-order valence-electron chi connectivity index (χ2n) is 8.27. The summed E-state index contributed by atoms with van der Waals surface area (Å²) in [7, 11) is 3.53. The Morgan fingerprint density at radius 1 is 1.03 bits per heavy atom. The molecule has 2 N–H and O–H groups in total. The Morgan fingerprint density at radius 2 is 1.71 bits per heavy atom. The predicted octanol–water partition coefficient (Wildman–Crippen LogP) is 3.11. The van der Waals surface area contributed by atoms with Gasteiger partial charge in [-0.2, -0.15) is 0 Å². The Labute approximate surface area is 186 Å². The molecule has 6 heteroatoms. The standard InChI is InChI=1S/C25H35N5O/c1-4-26-25(27-18-20-10-12-22(13-11-20)24(31)29(2)3)28-23-14-16-30(17-15-23)19-21-8-6-5-7-9-21/h5-13,23H,4,14-19H2,1-3H3,(H2,26,27,28). The van der Waals surface area contributed by atoms with E-state index in [0.29, 0.717) is 18.2 Å². The fourth-order valence-corrected chi connectivity index (χ4v) is 3.77. The van der Waals surface area contributed by atoms with Gasteiger partial charge in [-0.15, -0.1) is 0 Å². The van der Waals surface area contributed by atoms with Crippen LogP contribution in [0.3, 0.4) is 0 Å². The third kappa shape index (κ3) is 7.10. The summed E-state index contributed by atoms with van der Waals surface area (Å²) in [6.07, 6.45) is 2.22. The molecule has 0 aromatic heterocycles. The molecule has 0 spiro atoms. The van der Waals surface area contributed by atoms with Crippen LogP contribution in [0.4, 0.5) is 0 Å².